The van der Waals surface area contributed by atoms with E-state index in [2.05, 4.69) is 16.0 Å². The molecule has 0 spiro atoms. The smallest absolute Gasteiger partial charge is 0.319 e. The molecule has 2 aliphatic rings. The van der Waals surface area contributed by atoms with Crippen molar-refractivity contribution in [1.82, 2.24) is 10.6 Å². The number of benzene rings is 1. The molecule has 0 aromatic heterocycles. The highest BCUT2D eigenvalue weighted by molar-refractivity contribution is 5.98. The average molecular weight is 273 g/mol. The fourth-order valence-corrected chi connectivity index (χ4v) is 2.48. The van der Waals surface area contributed by atoms with Gasteiger partial charge >= 0.3 is 6.03 Å². The predicted octanol–water partition coefficient (Wildman–Crippen LogP) is 1.89. The number of carbonyl (C=O) groups excluding carboxylic acids is 2. The van der Waals surface area contributed by atoms with Crippen LogP contribution in [0.5, 0.6) is 0 Å². The molecule has 1 aromatic carbocycles. The first-order valence-corrected chi connectivity index (χ1v) is 7.18. The van der Waals surface area contributed by atoms with E-state index in [1.54, 1.807) is 12.1 Å². The first kappa shape index (κ1) is 13.0. The van der Waals surface area contributed by atoms with E-state index in [9.17, 15) is 9.59 Å². The van der Waals surface area contributed by atoms with Crippen LogP contribution in [0.1, 0.15) is 35.2 Å². The number of rotatable bonds is 4. The number of hydrogen-bond donors (Lipinski definition) is 3. The van der Waals surface area contributed by atoms with Gasteiger partial charge in [-0.3, -0.25) is 4.79 Å². The summed E-state index contributed by atoms with van der Waals surface area (Å²) in [6.45, 7) is 1.38. The van der Waals surface area contributed by atoms with Gasteiger partial charge in [-0.2, -0.15) is 0 Å². The van der Waals surface area contributed by atoms with E-state index in [-0.39, 0.29) is 11.9 Å². The number of anilines is 1. The first-order valence-electron chi connectivity index (χ1n) is 7.18. The molecule has 1 saturated carbocycles. The molecule has 1 aliphatic carbocycles. The maximum atomic E-state index is 11.7. The van der Waals surface area contributed by atoms with E-state index in [0.717, 1.165) is 36.6 Å². The SMILES string of the molecule is O=C(NCCC1CC1)Nc1ccc2c(c1)CCNC2=O. The Labute approximate surface area is 118 Å². The van der Waals surface area contributed by atoms with Gasteiger partial charge in [-0.05, 0) is 42.5 Å². The van der Waals surface area contributed by atoms with Gasteiger partial charge in [0.1, 0.15) is 0 Å². The van der Waals surface area contributed by atoms with Crippen LogP contribution in [0.4, 0.5) is 10.5 Å². The van der Waals surface area contributed by atoms with Crippen molar-refractivity contribution in [3.63, 3.8) is 0 Å². The fraction of sp³-hybridized carbons (Fsp3) is 0.467. The number of carbonyl (C=O) groups is 2. The van der Waals surface area contributed by atoms with Crippen LogP contribution < -0.4 is 16.0 Å². The molecule has 1 fully saturated rings. The molecule has 1 aliphatic heterocycles. The second kappa shape index (κ2) is 5.53. The van der Waals surface area contributed by atoms with Gasteiger partial charge in [0, 0.05) is 24.3 Å². The van der Waals surface area contributed by atoms with E-state index in [1.165, 1.54) is 12.8 Å². The zero-order chi connectivity index (χ0) is 13.9. The number of amides is 3. The molecule has 3 amide bonds. The molecule has 0 radical (unpaired) electrons. The summed E-state index contributed by atoms with van der Waals surface area (Å²) in [7, 11) is 0. The third-order valence-electron chi connectivity index (χ3n) is 3.82. The van der Waals surface area contributed by atoms with Crippen LogP contribution in [-0.2, 0) is 6.42 Å². The highest BCUT2D eigenvalue weighted by atomic mass is 16.2. The van der Waals surface area contributed by atoms with E-state index in [1.807, 2.05) is 6.07 Å². The van der Waals surface area contributed by atoms with Gasteiger partial charge in [0.25, 0.3) is 5.91 Å². The minimum Gasteiger partial charge on any atom is -0.352 e. The molecule has 1 aromatic rings. The van der Waals surface area contributed by atoms with Gasteiger partial charge in [0.05, 0.1) is 0 Å². The number of urea groups is 1. The molecule has 3 N–H and O–H groups in total. The van der Waals surface area contributed by atoms with E-state index < -0.39 is 0 Å². The maximum Gasteiger partial charge on any atom is 0.319 e. The Hall–Kier alpha value is -2.04. The highest BCUT2D eigenvalue weighted by Crippen LogP contribution is 2.31. The minimum absolute atomic E-state index is 0.0355. The monoisotopic (exact) mass is 273 g/mol. The van der Waals surface area contributed by atoms with Gasteiger partial charge in [0.15, 0.2) is 0 Å². The molecule has 5 heteroatoms. The van der Waals surface area contributed by atoms with Crippen molar-refractivity contribution in [3.8, 4) is 0 Å². The lowest BCUT2D eigenvalue weighted by Crippen LogP contribution is -2.32. The van der Waals surface area contributed by atoms with E-state index in [4.69, 9.17) is 0 Å². The second-order valence-electron chi connectivity index (χ2n) is 5.49. The molecule has 20 heavy (non-hydrogen) atoms. The van der Waals surface area contributed by atoms with Crippen LogP contribution in [0.15, 0.2) is 18.2 Å². The molecule has 0 bridgehead atoms. The van der Waals surface area contributed by atoms with Gasteiger partial charge in [-0.25, -0.2) is 4.79 Å². The second-order valence-corrected chi connectivity index (χ2v) is 5.49. The number of hydrogen-bond acceptors (Lipinski definition) is 2. The van der Waals surface area contributed by atoms with Crippen LogP contribution in [0.3, 0.4) is 0 Å². The molecule has 0 atom stereocenters. The zero-order valence-electron chi connectivity index (χ0n) is 11.4. The van der Waals surface area contributed by atoms with Crippen molar-refractivity contribution in [3.05, 3.63) is 29.3 Å². The zero-order valence-corrected chi connectivity index (χ0v) is 11.4. The Bertz CT molecular complexity index is 538. The highest BCUT2D eigenvalue weighted by Gasteiger charge is 2.20. The van der Waals surface area contributed by atoms with Crippen LogP contribution >= 0.6 is 0 Å². The summed E-state index contributed by atoms with van der Waals surface area (Å²) < 4.78 is 0. The lowest BCUT2D eigenvalue weighted by Gasteiger charge is -2.17. The molecule has 1 heterocycles. The average Bonchev–Trinajstić information content (AvgIpc) is 3.23. The molecular weight excluding hydrogens is 254 g/mol. The Kier molecular flexibility index (Phi) is 3.58. The molecule has 0 unspecified atom stereocenters. The Balaban J connectivity index is 1.56. The third kappa shape index (κ3) is 3.10. The Morgan fingerprint density at radius 3 is 3.00 bits per heavy atom. The van der Waals surface area contributed by atoms with Crippen molar-refractivity contribution < 1.29 is 9.59 Å². The van der Waals surface area contributed by atoms with Crippen molar-refractivity contribution in [2.45, 2.75) is 25.7 Å². The fourth-order valence-electron chi connectivity index (χ4n) is 2.48. The van der Waals surface area contributed by atoms with Gasteiger partial charge in [0.2, 0.25) is 0 Å². The van der Waals surface area contributed by atoms with Crippen LogP contribution in [0, 0.1) is 5.92 Å². The van der Waals surface area contributed by atoms with Crippen molar-refractivity contribution >= 4 is 17.6 Å². The van der Waals surface area contributed by atoms with Gasteiger partial charge < -0.3 is 16.0 Å². The minimum atomic E-state index is -0.175. The molecule has 3 rings (SSSR count). The summed E-state index contributed by atoms with van der Waals surface area (Å²) in [4.78, 5) is 23.4. The van der Waals surface area contributed by atoms with Crippen molar-refractivity contribution in [1.29, 1.82) is 0 Å². The van der Waals surface area contributed by atoms with Crippen LogP contribution in [0.2, 0.25) is 0 Å². The standard InChI is InChI=1S/C15H19N3O2/c19-14-13-4-3-12(9-11(13)6-8-16-14)18-15(20)17-7-5-10-1-2-10/h3-4,9-10H,1-2,5-8H2,(H,16,19)(H2,17,18,20). The van der Waals surface area contributed by atoms with Gasteiger partial charge in [-0.1, -0.05) is 12.8 Å². The Morgan fingerprint density at radius 2 is 2.20 bits per heavy atom. The molecule has 5 nitrogen and oxygen atoms in total. The summed E-state index contributed by atoms with van der Waals surface area (Å²) in [6.07, 6.45) is 4.48. The summed E-state index contributed by atoms with van der Waals surface area (Å²) >= 11 is 0. The molecular formula is C15H19N3O2. The van der Waals surface area contributed by atoms with Crippen molar-refractivity contribution in [2.75, 3.05) is 18.4 Å². The van der Waals surface area contributed by atoms with E-state index in [0.29, 0.717) is 12.1 Å². The third-order valence-corrected chi connectivity index (χ3v) is 3.82. The summed E-state index contributed by atoms with van der Waals surface area (Å²) in [5.41, 5.74) is 2.43. The lowest BCUT2D eigenvalue weighted by atomic mass is 10.00. The maximum absolute atomic E-state index is 11.7. The van der Waals surface area contributed by atoms with Crippen molar-refractivity contribution in [2.24, 2.45) is 5.92 Å². The summed E-state index contributed by atoms with van der Waals surface area (Å²) in [5, 5.41) is 8.49. The normalized spacial score (nSPS) is 17.1. The van der Waals surface area contributed by atoms with Crippen LogP contribution in [0.25, 0.3) is 0 Å². The number of nitrogens with one attached hydrogen (secondary N) is 3. The predicted molar refractivity (Wildman–Crippen MR) is 76.8 cm³/mol. The van der Waals surface area contributed by atoms with Crippen LogP contribution in [-0.4, -0.2) is 25.0 Å². The van der Waals surface area contributed by atoms with E-state index >= 15 is 0 Å². The Morgan fingerprint density at radius 1 is 1.35 bits per heavy atom. The quantitative estimate of drug-likeness (QED) is 0.784. The lowest BCUT2D eigenvalue weighted by molar-refractivity contribution is 0.0946. The largest absolute Gasteiger partial charge is 0.352 e. The molecule has 106 valence electrons. The number of fused-ring (bicyclic) bond motifs is 1. The van der Waals surface area contributed by atoms with Gasteiger partial charge in [-0.15, -0.1) is 0 Å². The summed E-state index contributed by atoms with van der Waals surface area (Å²) in [5.74, 6) is 0.782. The topological polar surface area (TPSA) is 70.2 Å². The first-order chi connectivity index (χ1) is 9.72. The molecule has 0 saturated heterocycles. The summed E-state index contributed by atoms with van der Waals surface area (Å²) in [6, 6.07) is 5.24.